The molecule has 3 aromatic rings. The first-order chi connectivity index (χ1) is 12.5. The molecule has 0 saturated heterocycles. The molecule has 136 valence electrons. The lowest BCUT2D eigenvalue weighted by Crippen LogP contribution is -2.30. The molecule has 1 amide bonds. The monoisotopic (exact) mass is 351 g/mol. The Balaban J connectivity index is 2.01. The van der Waals surface area contributed by atoms with Crippen LogP contribution in [0.3, 0.4) is 0 Å². The van der Waals surface area contributed by atoms with Crippen LogP contribution in [0.15, 0.2) is 24.5 Å². The molecule has 1 N–H and O–H groups in total. The topological polar surface area (TPSA) is 72.7 Å². The number of aromatic nitrogens is 4. The van der Waals surface area contributed by atoms with Gasteiger partial charge in [-0.15, -0.1) is 0 Å². The number of rotatable bonds is 5. The standard InChI is InChI=1S/C20H25N5O/c1-6-17(19-21-11-22-25(19)7-2)24-20(26)16-10-13(4)23-18-14(5)12(3)8-9-15(16)18/h8-11,17H,6-7H2,1-5H3,(H,24,26). The highest BCUT2D eigenvalue weighted by Gasteiger charge is 2.21. The van der Waals surface area contributed by atoms with Crippen molar-refractivity contribution < 1.29 is 4.79 Å². The number of carbonyl (C=O) groups excluding carboxylic acids is 1. The number of benzene rings is 1. The van der Waals surface area contributed by atoms with Gasteiger partial charge in [-0.25, -0.2) is 9.67 Å². The summed E-state index contributed by atoms with van der Waals surface area (Å²) in [4.78, 5) is 22.1. The average molecular weight is 351 g/mol. The fraction of sp³-hybridized carbons (Fsp3) is 0.400. The fourth-order valence-corrected chi connectivity index (χ4v) is 3.22. The zero-order valence-electron chi connectivity index (χ0n) is 16.0. The van der Waals surface area contributed by atoms with Crippen molar-refractivity contribution in [3.05, 3.63) is 52.7 Å². The lowest BCUT2D eigenvalue weighted by atomic mass is 10.0. The van der Waals surface area contributed by atoms with Crippen LogP contribution in [0.25, 0.3) is 10.9 Å². The molecule has 0 aliphatic carbocycles. The lowest BCUT2D eigenvalue weighted by Gasteiger charge is -2.18. The van der Waals surface area contributed by atoms with Crippen molar-refractivity contribution in [2.75, 3.05) is 0 Å². The van der Waals surface area contributed by atoms with Gasteiger partial charge in [-0.3, -0.25) is 9.78 Å². The Hall–Kier alpha value is -2.76. The Bertz CT molecular complexity index is 960. The lowest BCUT2D eigenvalue weighted by molar-refractivity contribution is 0.0934. The van der Waals surface area contributed by atoms with E-state index in [-0.39, 0.29) is 11.9 Å². The summed E-state index contributed by atoms with van der Waals surface area (Å²) in [5.74, 6) is 0.673. The van der Waals surface area contributed by atoms with Gasteiger partial charge in [0.1, 0.15) is 12.2 Å². The van der Waals surface area contributed by atoms with Crippen molar-refractivity contribution in [3.63, 3.8) is 0 Å². The van der Waals surface area contributed by atoms with Crippen LogP contribution in [-0.2, 0) is 6.54 Å². The maximum Gasteiger partial charge on any atom is 0.252 e. The van der Waals surface area contributed by atoms with Crippen LogP contribution in [0.2, 0.25) is 0 Å². The van der Waals surface area contributed by atoms with E-state index in [1.54, 1.807) is 0 Å². The second-order valence-electron chi connectivity index (χ2n) is 6.58. The van der Waals surface area contributed by atoms with Gasteiger partial charge in [-0.05, 0) is 51.3 Å². The molecular formula is C20H25N5O. The van der Waals surface area contributed by atoms with Crippen LogP contribution in [0, 0.1) is 20.8 Å². The summed E-state index contributed by atoms with van der Waals surface area (Å²) >= 11 is 0. The van der Waals surface area contributed by atoms with Gasteiger partial charge in [0.2, 0.25) is 0 Å². The minimum absolute atomic E-state index is 0.110. The minimum atomic E-state index is -0.181. The van der Waals surface area contributed by atoms with Gasteiger partial charge in [0, 0.05) is 17.6 Å². The van der Waals surface area contributed by atoms with Crippen LogP contribution >= 0.6 is 0 Å². The Morgan fingerprint density at radius 3 is 2.69 bits per heavy atom. The maximum atomic E-state index is 13.1. The third-order valence-electron chi connectivity index (χ3n) is 4.85. The van der Waals surface area contributed by atoms with Gasteiger partial charge in [0.25, 0.3) is 5.91 Å². The van der Waals surface area contributed by atoms with Crippen molar-refractivity contribution in [1.82, 2.24) is 25.1 Å². The quantitative estimate of drug-likeness (QED) is 0.761. The SMILES string of the molecule is CCC(NC(=O)c1cc(C)nc2c(C)c(C)ccc12)c1ncnn1CC. The predicted octanol–water partition coefficient (Wildman–Crippen LogP) is 3.65. The third kappa shape index (κ3) is 3.19. The third-order valence-corrected chi connectivity index (χ3v) is 4.85. The molecule has 0 bridgehead atoms. The molecule has 3 rings (SSSR count). The number of hydrogen-bond donors (Lipinski definition) is 1. The molecule has 0 radical (unpaired) electrons. The molecule has 2 heterocycles. The van der Waals surface area contributed by atoms with E-state index >= 15 is 0 Å². The molecule has 0 fully saturated rings. The molecule has 1 atom stereocenters. The van der Waals surface area contributed by atoms with E-state index in [2.05, 4.69) is 27.3 Å². The first-order valence-electron chi connectivity index (χ1n) is 9.02. The molecule has 1 unspecified atom stereocenters. The summed E-state index contributed by atoms with van der Waals surface area (Å²) in [6.45, 7) is 10.8. The molecular weight excluding hydrogens is 326 g/mol. The van der Waals surface area contributed by atoms with Crippen LogP contribution in [0.1, 0.15) is 59.3 Å². The second-order valence-corrected chi connectivity index (χ2v) is 6.58. The van der Waals surface area contributed by atoms with E-state index in [0.717, 1.165) is 41.0 Å². The summed E-state index contributed by atoms with van der Waals surface area (Å²) in [7, 11) is 0. The zero-order valence-corrected chi connectivity index (χ0v) is 16.0. The van der Waals surface area contributed by atoms with Crippen LogP contribution < -0.4 is 5.32 Å². The van der Waals surface area contributed by atoms with E-state index in [0.29, 0.717) is 5.56 Å². The highest BCUT2D eigenvalue weighted by atomic mass is 16.1. The summed E-state index contributed by atoms with van der Waals surface area (Å²) in [6.07, 6.45) is 2.27. The zero-order chi connectivity index (χ0) is 18.8. The molecule has 0 aliphatic rings. The Morgan fingerprint density at radius 2 is 2.00 bits per heavy atom. The van der Waals surface area contributed by atoms with Gasteiger partial charge in [-0.2, -0.15) is 5.10 Å². The van der Waals surface area contributed by atoms with Gasteiger partial charge in [-0.1, -0.05) is 19.1 Å². The van der Waals surface area contributed by atoms with Crippen LogP contribution in [-0.4, -0.2) is 25.7 Å². The Morgan fingerprint density at radius 1 is 1.23 bits per heavy atom. The van der Waals surface area contributed by atoms with E-state index in [1.807, 2.05) is 50.6 Å². The number of nitrogens with zero attached hydrogens (tertiary/aromatic N) is 4. The van der Waals surface area contributed by atoms with Crippen molar-refractivity contribution in [2.45, 2.75) is 53.6 Å². The van der Waals surface area contributed by atoms with E-state index in [9.17, 15) is 4.79 Å². The van der Waals surface area contributed by atoms with Gasteiger partial charge in [0.05, 0.1) is 17.1 Å². The van der Waals surface area contributed by atoms with Gasteiger partial charge < -0.3 is 5.32 Å². The van der Waals surface area contributed by atoms with Crippen LogP contribution in [0.4, 0.5) is 0 Å². The summed E-state index contributed by atoms with van der Waals surface area (Å²) in [5.41, 5.74) is 4.65. The van der Waals surface area contributed by atoms with Crippen molar-refractivity contribution >= 4 is 16.8 Å². The van der Waals surface area contributed by atoms with Crippen LogP contribution in [0.5, 0.6) is 0 Å². The number of amides is 1. The summed E-state index contributed by atoms with van der Waals surface area (Å²) in [6, 6.07) is 5.69. The first-order valence-corrected chi connectivity index (χ1v) is 9.02. The number of aryl methyl sites for hydroxylation is 4. The molecule has 1 aromatic carbocycles. The molecule has 0 aliphatic heterocycles. The molecule has 0 saturated carbocycles. The van der Waals surface area contributed by atoms with E-state index in [4.69, 9.17) is 0 Å². The molecule has 6 nitrogen and oxygen atoms in total. The molecule has 26 heavy (non-hydrogen) atoms. The maximum absolute atomic E-state index is 13.1. The van der Waals surface area contributed by atoms with Crippen molar-refractivity contribution in [2.24, 2.45) is 0 Å². The van der Waals surface area contributed by atoms with Crippen molar-refractivity contribution in [1.29, 1.82) is 0 Å². The number of nitrogens with one attached hydrogen (secondary N) is 1. The Kier molecular flexibility index (Phi) is 5.02. The van der Waals surface area contributed by atoms with E-state index in [1.165, 1.54) is 11.9 Å². The molecule has 2 aromatic heterocycles. The number of fused-ring (bicyclic) bond motifs is 1. The smallest absolute Gasteiger partial charge is 0.252 e. The summed E-state index contributed by atoms with van der Waals surface area (Å²) in [5, 5.41) is 8.21. The predicted molar refractivity (Wildman–Crippen MR) is 102 cm³/mol. The van der Waals surface area contributed by atoms with Gasteiger partial charge in [0.15, 0.2) is 0 Å². The first kappa shape index (κ1) is 18.0. The number of hydrogen-bond acceptors (Lipinski definition) is 4. The second kappa shape index (κ2) is 7.23. The van der Waals surface area contributed by atoms with Crippen molar-refractivity contribution in [3.8, 4) is 0 Å². The average Bonchev–Trinajstić information content (AvgIpc) is 3.11. The Labute approximate surface area is 153 Å². The fourth-order valence-electron chi connectivity index (χ4n) is 3.22. The number of carbonyl (C=O) groups is 1. The molecule has 0 spiro atoms. The highest BCUT2D eigenvalue weighted by Crippen LogP contribution is 2.25. The number of pyridine rings is 1. The normalized spacial score (nSPS) is 12.3. The highest BCUT2D eigenvalue weighted by molar-refractivity contribution is 6.07. The summed E-state index contributed by atoms with van der Waals surface area (Å²) < 4.78 is 1.82. The minimum Gasteiger partial charge on any atom is -0.342 e. The molecule has 6 heteroatoms. The van der Waals surface area contributed by atoms with Gasteiger partial charge >= 0.3 is 0 Å². The largest absolute Gasteiger partial charge is 0.342 e. The van der Waals surface area contributed by atoms with E-state index < -0.39 is 0 Å².